The first-order valence-electron chi connectivity index (χ1n) is 7.18. The first-order chi connectivity index (χ1) is 9.24. The Labute approximate surface area is 119 Å². The minimum Gasteiger partial charge on any atom is -0.391 e. The molecule has 1 saturated heterocycles. The van der Waals surface area contributed by atoms with Crippen molar-refractivity contribution in [2.75, 3.05) is 18.0 Å². The van der Waals surface area contributed by atoms with Crippen LogP contribution in [0.4, 0.5) is 5.69 Å². The highest BCUT2D eigenvalue weighted by Gasteiger charge is 2.24. The van der Waals surface area contributed by atoms with Gasteiger partial charge in [0.1, 0.15) is 0 Å². The molecule has 1 aromatic rings. The van der Waals surface area contributed by atoms with E-state index in [0.717, 1.165) is 36.6 Å². The third-order valence-electron chi connectivity index (χ3n) is 3.94. The number of hydrogen-bond donors (Lipinski definition) is 2. The van der Waals surface area contributed by atoms with E-state index in [0.29, 0.717) is 12.6 Å². The summed E-state index contributed by atoms with van der Waals surface area (Å²) >= 11 is 6.39. The monoisotopic (exact) mass is 280 g/mol. The van der Waals surface area contributed by atoms with Gasteiger partial charge in [0.05, 0.1) is 16.8 Å². The van der Waals surface area contributed by atoms with Crippen LogP contribution in [0.15, 0.2) is 18.2 Å². The zero-order valence-electron chi connectivity index (χ0n) is 11.1. The van der Waals surface area contributed by atoms with Gasteiger partial charge in [0.2, 0.25) is 0 Å². The molecular formula is C15H21ClN2O. The molecule has 4 heteroatoms. The number of rotatable bonds is 4. The number of para-hydroxylation sites is 1. The predicted molar refractivity (Wildman–Crippen MR) is 78.8 cm³/mol. The maximum absolute atomic E-state index is 9.85. The highest BCUT2D eigenvalue weighted by atomic mass is 35.5. The lowest BCUT2D eigenvalue weighted by atomic mass is 10.1. The van der Waals surface area contributed by atoms with Crippen molar-refractivity contribution in [1.29, 1.82) is 0 Å². The Morgan fingerprint density at radius 3 is 2.89 bits per heavy atom. The minimum absolute atomic E-state index is 0.228. The summed E-state index contributed by atoms with van der Waals surface area (Å²) in [6, 6.07) is 6.78. The summed E-state index contributed by atoms with van der Waals surface area (Å²) in [6.07, 6.45) is 4.28. The number of anilines is 1. The second kappa shape index (κ2) is 5.70. The second-order valence-corrected chi connectivity index (χ2v) is 6.05. The van der Waals surface area contributed by atoms with Crippen LogP contribution < -0.4 is 10.2 Å². The molecule has 1 saturated carbocycles. The number of benzene rings is 1. The lowest BCUT2D eigenvalue weighted by molar-refractivity contribution is 0.154. The Morgan fingerprint density at radius 2 is 2.16 bits per heavy atom. The number of nitrogens with one attached hydrogen (secondary N) is 1. The summed E-state index contributed by atoms with van der Waals surface area (Å²) in [4.78, 5) is 2.24. The van der Waals surface area contributed by atoms with E-state index < -0.39 is 0 Å². The number of aliphatic hydroxyl groups excluding tert-OH is 1. The Hall–Kier alpha value is -0.770. The van der Waals surface area contributed by atoms with Crippen LogP contribution in [0.1, 0.15) is 31.2 Å². The lowest BCUT2D eigenvalue weighted by Gasteiger charge is -2.34. The van der Waals surface area contributed by atoms with Crippen molar-refractivity contribution in [3.8, 4) is 0 Å². The van der Waals surface area contributed by atoms with E-state index in [9.17, 15) is 5.11 Å². The van der Waals surface area contributed by atoms with E-state index in [1.807, 2.05) is 12.1 Å². The molecule has 3 nitrogen and oxygen atoms in total. The normalized spacial score (nSPS) is 23.7. The van der Waals surface area contributed by atoms with Gasteiger partial charge in [-0.05, 0) is 37.3 Å². The molecule has 2 aliphatic rings. The molecular weight excluding hydrogens is 260 g/mol. The van der Waals surface area contributed by atoms with Crippen LogP contribution >= 0.6 is 11.6 Å². The van der Waals surface area contributed by atoms with Crippen LogP contribution in [-0.2, 0) is 6.54 Å². The number of piperidine rings is 1. The molecule has 1 aliphatic heterocycles. The highest BCUT2D eigenvalue weighted by Crippen LogP contribution is 2.32. The van der Waals surface area contributed by atoms with Gasteiger partial charge >= 0.3 is 0 Å². The first kappa shape index (κ1) is 13.2. The number of β-amino-alcohol motifs (C(OH)–C–C–N with tert-alkyl or cyclic N) is 1. The quantitative estimate of drug-likeness (QED) is 0.890. The van der Waals surface area contributed by atoms with Gasteiger partial charge in [0.25, 0.3) is 0 Å². The van der Waals surface area contributed by atoms with Gasteiger partial charge < -0.3 is 15.3 Å². The maximum atomic E-state index is 9.85. The van der Waals surface area contributed by atoms with Crippen molar-refractivity contribution in [2.45, 2.75) is 44.4 Å². The molecule has 1 atom stereocenters. The van der Waals surface area contributed by atoms with Crippen LogP contribution in [0, 0.1) is 0 Å². The molecule has 0 radical (unpaired) electrons. The first-order valence-corrected chi connectivity index (χ1v) is 7.55. The number of nitrogens with zero attached hydrogens (tertiary/aromatic N) is 1. The Morgan fingerprint density at radius 1 is 1.32 bits per heavy atom. The van der Waals surface area contributed by atoms with E-state index in [-0.39, 0.29) is 6.10 Å². The van der Waals surface area contributed by atoms with E-state index in [1.165, 1.54) is 18.4 Å². The topological polar surface area (TPSA) is 35.5 Å². The summed E-state index contributed by atoms with van der Waals surface area (Å²) in [5.41, 5.74) is 2.35. The lowest BCUT2D eigenvalue weighted by Crippen LogP contribution is -2.39. The van der Waals surface area contributed by atoms with E-state index in [2.05, 4.69) is 16.3 Å². The van der Waals surface area contributed by atoms with Crippen molar-refractivity contribution >= 4 is 17.3 Å². The minimum atomic E-state index is -0.228. The SMILES string of the molecule is OC1CCCN(c2c(Cl)cccc2CNC2CC2)C1. The van der Waals surface area contributed by atoms with Gasteiger partial charge in [-0.1, -0.05) is 23.7 Å². The maximum Gasteiger partial charge on any atom is 0.0715 e. The fourth-order valence-electron chi connectivity index (χ4n) is 2.76. The summed E-state index contributed by atoms with van der Waals surface area (Å²) in [7, 11) is 0. The van der Waals surface area contributed by atoms with Gasteiger partial charge in [-0.3, -0.25) is 0 Å². The van der Waals surface area contributed by atoms with Crippen LogP contribution in [-0.4, -0.2) is 30.3 Å². The molecule has 1 aromatic carbocycles. The second-order valence-electron chi connectivity index (χ2n) is 5.64. The zero-order valence-corrected chi connectivity index (χ0v) is 11.9. The van der Waals surface area contributed by atoms with E-state index in [4.69, 9.17) is 11.6 Å². The van der Waals surface area contributed by atoms with E-state index >= 15 is 0 Å². The largest absolute Gasteiger partial charge is 0.391 e. The van der Waals surface area contributed by atoms with Crippen LogP contribution in [0.3, 0.4) is 0 Å². The van der Waals surface area contributed by atoms with Crippen molar-refractivity contribution in [3.05, 3.63) is 28.8 Å². The number of aliphatic hydroxyl groups is 1. The van der Waals surface area contributed by atoms with Gasteiger partial charge in [-0.25, -0.2) is 0 Å². The predicted octanol–water partition coefficient (Wildman–Crippen LogP) is 2.55. The van der Waals surface area contributed by atoms with Crippen molar-refractivity contribution in [2.24, 2.45) is 0 Å². The fourth-order valence-corrected chi connectivity index (χ4v) is 3.07. The van der Waals surface area contributed by atoms with Crippen molar-refractivity contribution < 1.29 is 5.11 Å². The number of hydrogen-bond acceptors (Lipinski definition) is 3. The molecule has 0 aromatic heterocycles. The molecule has 3 rings (SSSR count). The van der Waals surface area contributed by atoms with Crippen molar-refractivity contribution in [3.63, 3.8) is 0 Å². The van der Waals surface area contributed by atoms with Crippen LogP contribution in [0.25, 0.3) is 0 Å². The van der Waals surface area contributed by atoms with Crippen molar-refractivity contribution in [1.82, 2.24) is 5.32 Å². The van der Waals surface area contributed by atoms with Crippen LogP contribution in [0.5, 0.6) is 0 Å². The molecule has 2 fully saturated rings. The van der Waals surface area contributed by atoms with Gasteiger partial charge in [0.15, 0.2) is 0 Å². The Balaban J connectivity index is 1.80. The molecule has 2 N–H and O–H groups in total. The zero-order chi connectivity index (χ0) is 13.2. The van der Waals surface area contributed by atoms with Crippen LogP contribution in [0.2, 0.25) is 5.02 Å². The smallest absolute Gasteiger partial charge is 0.0715 e. The molecule has 1 aliphatic carbocycles. The molecule has 0 amide bonds. The third-order valence-corrected chi connectivity index (χ3v) is 4.25. The fraction of sp³-hybridized carbons (Fsp3) is 0.600. The molecule has 19 heavy (non-hydrogen) atoms. The average molecular weight is 281 g/mol. The molecule has 0 spiro atoms. The Kier molecular flexibility index (Phi) is 3.96. The van der Waals surface area contributed by atoms with Gasteiger partial charge in [0, 0.05) is 25.7 Å². The molecule has 1 unspecified atom stereocenters. The standard InChI is InChI=1S/C15H21ClN2O/c16-14-5-1-3-11(9-17-12-6-7-12)15(14)18-8-2-4-13(19)10-18/h1,3,5,12-13,17,19H,2,4,6-10H2. The average Bonchev–Trinajstić information content (AvgIpc) is 3.20. The molecule has 1 heterocycles. The molecule has 104 valence electrons. The Bertz CT molecular complexity index is 448. The van der Waals surface area contributed by atoms with Gasteiger partial charge in [-0.15, -0.1) is 0 Å². The summed E-state index contributed by atoms with van der Waals surface area (Å²) in [5, 5.41) is 14.2. The highest BCUT2D eigenvalue weighted by molar-refractivity contribution is 6.33. The number of halogens is 1. The van der Waals surface area contributed by atoms with Gasteiger partial charge in [-0.2, -0.15) is 0 Å². The third kappa shape index (κ3) is 3.22. The summed E-state index contributed by atoms with van der Waals surface area (Å²) in [6.45, 7) is 2.55. The van der Waals surface area contributed by atoms with E-state index in [1.54, 1.807) is 0 Å². The summed E-state index contributed by atoms with van der Waals surface area (Å²) < 4.78 is 0. The molecule has 0 bridgehead atoms. The summed E-state index contributed by atoms with van der Waals surface area (Å²) in [5.74, 6) is 0.